The number of likely N-dealkylation sites (N-methyl/N-ethyl adjacent to an activating group) is 1. The summed E-state index contributed by atoms with van der Waals surface area (Å²) in [4.78, 5) is 12.2. The second kappa shape index (κ2) is 2.97. The number of alkyl halides is 2. The Morgan fingerprint density at radius 3 is 2.58 bits per heavy atom. The van der Waals surface area contributed by atoms with Gasteiger partial charge in [-0.05, 0) is 7.05 Å². The van der Waals surface area contributed by atoms with Crippen molar-refractivity contribution in [1.82, 2.24) is 4.90 Å². The minimum atomic E-state index is -2.76. The lowest BCUT2D eigenvalue weighted by molar-refractivity contribution is -0.145. The quantitative estimate of drug-likeness (QED) is 0.549. The maximum atomic E-state index is 12.7. The minimum Gasteiger partial charge on any atom is -0.468 e. The predicted octanol–water partition coefficient (Wildman–Crippen LogP) is 0.499. The third-order valence-corrected chi connectivity index (χ3v) is 1.98. The van der Waals surface area contributed by atoms with E-state index in [1.54, 1.807) is 0 Å². The first-order chi connectivity index (χ1) is 5.46. The number of nitrogens with zero attached hydrogens (tertiary/aromatic N) is 1. The number of hydrogen-bond acceptors (Lipinski definition) is 3. The molecule has 0 saturated carbocycles. The molecule has 1 heterocycles. The highest BCUT2D eigenvalue weighted by molar-refractivity contribution is 5.76. The zero-order valence-corrected chi connectivity index (χ0v) is 7.01. The van der Waals surface area contributed by atoms with Crippen LogP contribution < -0.4 is 0 Å². The summed E-state index contributed by atoms with van der Waals surface area (Å²) in [5.74, 6) is -3.34. The molecule has 5 heteroatoms. The van der Waals surface area contributed by atoms with Crippen LogP contribution in [-0.2, 0) is 9.53 Å². The fourth-order valence-electron chi connectivity index (χ4n) is 1.38. The van der Waals surface area contributed by atoms with Crippen molar-refractivity contribution in [3.63, 3.8) is 0 Å². The third kappa shape index (κ3) is 1.72. The molecule has 1 rings (SSSR count). The number of methoxy groups -OCH3 is 1. The zero-order valence-electron chi connectivity index (χ0n) is 7.01. The van der Waals surface area contributed by atoms with Crippen LogP contribution in [0.1, 0.15) is 6.42 Å². The molecule has 12 heavy (non-hydrogen) atoms. The van der Waals surface area contributed by atoms with Gasteiger partial charge in [-0.15, -0.1) is 0 Å². The molecule has 0 radical (unpaired) electrons. The van der Waals surface area contributed by atoms with Crippen molar-refractivity contribution in [3.8, 4) is 0 Å². The molecule has 0 aromatic rings. The second-order valence-corrected chi connectivity index (χ2v) is 3.01. The van der Waals surface area contributed by atoms with Crippen LogP contribution in [0.25, 0.3) is 0 Å². The largest absolute Gasteiger partial charge is 0.468 e. The molecular formula is C7H11F2NO2. The second-order valence-electron chi connectivity index (χ2n) is 3.01. The van der Waals surface area contributed by atoms with E-state index in [9.17, 15) is 13.6 Å². The first-order valence-electron chi connectivity index (χ1n) is 3.62. The standard InChI is InChI=1S/C7H11F2NO2/c1-10-4-7(8,9)3-5(10)6(11)12-2/h5H,3-4H2,1-2H3/t5-/m0/s1. The van der Waals surface area contributed by atoms with Crippen molar-refractivity contribution in [3.05, 3.63) is 0 Å². The Balaban J connectivity index is 2.64. The number of rotatable bonds is 1. The van der Waals surface area contributed by atoms with Crippen LogP contribution in [0.15, 0.2) is 0 Å². The third-order valence-electron chi connectivity index (χ3n) is 1.98. The van der Waals surface area contributed by atoms with Gasteiger partial charge in [-0.2, -0.15) is 0 Å². The van der Waals surface area contributed by atoms with Crippen LogP contribution in [0, 0.1) is 0 Å². The molecule has 0 spiro atoms. The van der Waals surface area contributed by atoms with Gasteiger partial charge >= 0.3 is 5.97 Å². The van der Waals surface area contributed by atoms with Crippen LogP contribution in [0.2, 0.25) is 0 Å². The predicted molar refractivity (Wildman–Crippen MR) is 38.0 cm³/mol. The van der Waals surface area contributed by atoms with E-state index in [4.69, 9.17) is 0 Å². The maximum Gasteiger partial charge on any atom is 0.323 e. The Hall–Kier alpha value is -0.710. The van der Waals surface area contributed by atoms with E-state index in [0.717, 1.165) is 0 Å². The number of carbonyl (C=O) groups excluding carboxylic acids is 1. The highest BCUT2D eigenvalue weighted by atomic mass is 19.3. The highest BCUT2D eigenvalue weighted by Crippen LogP contribution is 2.31. The number of carbonyl (C=O) groups is 1. The Bertz CT molecular complexity index is 196. The van der Waals surface area contributed by atoms with Gasteiger partial charge in [0.2, 0.25) is 0 Å². The van der Waals surface area contributed by atoms with Gasteiger partial charge in [0, 0.05) is 6.42 Å². The van der Waals surface area contributed by atoms with E-state index in [0.29, 0.717) is 0 Å². The molecule has 0 unspecified atom stereocenters. The molecule has 3 nitrogen and oxygen atoms in total. The summed E-state index contributed by atoms with van der Waals surface area (Å²) in [6.45, 7) is -0.368. The monoisotopic (exact) mass is 179 g/mol. The van der Waals surface area contributed by atoms with Gasteiger partial charge in [-0.3, -0.25) is 9.69 Å². The van der Waals surface area contributed by atoms with Crippen molar-refractivity contribution < 1.29 is 18.3 Å². The average Bonchev–Trinajstić information content (AvgIpc) is 2.23. The highest BCUT2D eigenvalue weighted by Gasteiger charge is 2.46. The molecule has 0 N–H and O–H groups in total. The first-order valence-corrected chi connectivity index (χ1v) is 3.62. The minimum absolute atomic E-state index is 0.368. The Morgan fingerprint density at radius 1 is 1.67 bits per heavy atom. The van der Waals surface area contributed by atoms with Crippen molar-refractivity contribution >= 4 is 5.97 Å². The van der Waals surface area contributed by atoms with Crippen LogP contribution in [0.4, 0.5) is 8.78 Å². The molecule has 1 aliphatic rings. The number of esters is 1. The lowest BCUT2D eigenvalue weighted by atomic mass is 10.2. The summed E-state index contributed by atoms with van der Waals surface area (Å²) in [6.07, 6.45) is -0.434. The zero-order chi connectivity index (χ0) is 9.35. The van der Waals surface area contributed by atoms with Crippen molar-refractivity contribution in [1.29, 1.82) is 0 Å². The van der Waals surface area contributed by atoms with E-state index in [-0.39, 0.29) is 6.54 Å². The van der Waals surface area contributed by atoms with Crippen LogP contribution in [0.3, 0.4) is 0 Å². The van der Waals surface area contributed by atoms with E-state index >= 15 is 0 Å². The molecule has 0 bridgehead atoms. The fraction of sp³-hybridized carbons (Fsp3) is 0.857. The van der Waals surface area contributed by atoms with Gasteiger partial charge < -0.3 is 4.74 Å². The molecule has 0 aliphatic carbocycles. The van der Waals surface area contributed by atoms with Crippen LogP contribution in [-0.4, -0.2) is 43.5 Å². The molecular weight excluding hydrogens is 168 g/mol. The molecule has 1 aliphatic heterocycles. The summed E-state index contributed by atoms with van der Waals surface area (Å²) in [6, 6.07) is -0.787. The summed E-state index contributed by atoms with van der Waals surface area (Å²) in [7, 11) is 2.69. The molecule has 70 valence electrons. The number of likely N-dealkylation sites (tertiary alicyclic amines) is 1. The molecule has 1 saturated heterocycles. The van der Waals surface area contributed by atoms with E-state index in [1.165, 1.54) is 19.1 Å². The number of halogens is 2. The van der Waals surface area contributed by atoms with Crippen LogP contribution >= 0.6 is 0 Å². The molecule has 0 aromatic heterocycles. The van der Waals surface area contributed by atoms with Crippen molar-refractivity contribution in [2.45, 2.75) is 18.4 Å². The molecule has 1 atom stereocenters. The number of ether oxygens (including phenoxy) is 1. The first kappa shape index (κ1) is 9.38. The summed E-state index contributed by atoms with van der Waals surface area (Å²) >= 11 is 0. The molecule has 0 aromatic carbocycles. The summed E-state index contributed by atoms with van der Waals surface area (Å²) in [5, 5.41) is 0. The van der Waals surface area contributed by atoms with Gasteiger partial charge in [-0.25, -0.2) is 8.78 Å². The van der Waals surface area contributed by atoms with E-state index in [2.05, 4.69) is 4.74 Å². The van der Waals surface area contributed by atoms with Gasteiger partial charge in [0.15, 0.2) is 0 Å². The Morgan fingerprint density at radius 2 is 2.25 bits per heavy atom. The lowest BCUT2D eigenvalue weighted by Crippen LogP contribution is -2.33. The summed E-state index contributed by atoms with van der Waals surface area (Å²) < 4.78 is 29.8. The Labute approximate surface area is 69.3 Å². The van der Waals surface area contributed by atoms with Gasteiger partial charge in [0.1, 0.15) is 6.04 Å². The van der Waals surface area contributed by atoms with Gasteiger partial charge in [0.05, 0.1) is 13.7 Å². The lowest BCUT2D eigenvalue weighted by Gasteiger charge is -2.14. The SMILES string of the molecule is COC(=O)[C@@H]1CC(F)(F)CN1C. The van der Waals surface area contributed by atoms with Crippen LogP contribution in [0.5, 0.6) is 0 Å². The van der Waals surface area contributed by atoms with Gasteiger partial charge in [-0.1, -0.05) is 0 Å². The topological polar surface area (TPSA) is 29.5 Å². The Kier molecular flexibility index (Phi) is 2.32. The summed E-state index contributed by atoms with van der Waals surface area (Å²) in [5.41, 5.74) is 0. The molecule has 1 fully saturated rings. The van der Waals surface area contributed by atoms with Crippen molar-refractivity contribution in [2.24, 2.45) is 0 Å². The maximum absolute atomic E-state index is 12.7. The smallest absolute Gasteiger partial charge is 0.323 e. The van der Waals surface area contributed by atoms with Gasteiger partial charge in [0.25, 0.3) is 5.92 Å². The average molecular weight is 179 g/mol. The van der Waals surface area contributed by atoms with E-state index in [1.807, 2.05) is 0 Å². The molecule has 0 amide bonds. The van der Waals surface area contributed by atoms with Crippen molar-refractivity contribution in [2.75, 3.05) is 20.7 Å². The fourth-order valence-corrected chi connectivity index (χ4v) is 1.38. The van der Waals surface area contributed by atoms with E-state index < -0.39 is 24.4 Å². The normalized spacial score (nSPS) is 28.8. The number of hydrogen-bond donors (Lipinski definition) is 0.